The zero-order valence-corrected chi connectivity index (χ0v) is 14.3. The number of anilines is 4. The van der Waals surface area contributed by atoms with Crippen molar-refractivity contribution in [1.82, 2.24) is 9.97 Å². The van der Waals surface area contributed by atoms with Gasteiger partial charge in [0.1, 0.15) is 12.1 Å². The predicted octanol–water partition coefficient (Wildman–Crippen LogP) is 4.97. The number of nitro groups is 1. The molecule has 0 bridgehead atoms. The number of aryl methyl sites for hydroxylation is 1. The highest BCUT2D eigenvalue weighted by Gasteiger charge is 2.23. The van der Waals surface area contributed by atoms with Crippen molar-refractivity contribution in [2.24, 2.45) is 0 Å². The lowest BCUT2D eigenvalue weighted by Crippen LogP contribution is -2.05. The topological polar surface area (TPSA) is 93.0 Å². The third-order valence-corrected chi connectivity index (χ3v) is 3.95. The van der Waals surface area contributed by atoms with E-state index in [2.05, 4.69) is 20.6 Å². The van der Waals surface area contributed by atoms with Crippen LogP contribution in [0.5, 0.6) is 0 Å². The second kappa shape index (κ2) is 7.32. The molecule has 0 radical (unpaired) electrons. The van der Waals surface area contributed by atoms with Gasteiger partial charge in [-0.25, -0.2) is 14.4 Å². The molecule has 0 spiro atoms. The maximum absolute atomic E-state index is 13.0. The Hall–Kier alpha value is -3.26. The van der Waals surface area contributed by atoms with Gasteiger partial charge in [0, 0.05) is 16.4 Å². The summed E-state index contributed by atoms with van der Waals surface area (Å²) < 4.78 is 13.0. The van der Waals surface area contributed by atoms with Crippen molar-refractivity contribution in [2.45, 2.75) is 6.92 Å². The van der Waals surface area contributed by atoms with Crippen LogP contribution in [0.4, 0.5) is 33.1 Å². The van der Waals surface area contributed by atoms with Crippen molar-refractivity contribution >= 4 is 40.3 Å². The number of halogens is 2. The molecule has 26 heavy (non-hydrogen) atoms. The Labute approximate surface area is 153 Å². The summed E-state index contributed by atoms with van der Waals surface area (Å²) in [6, 6.07) is 10.6. The number of hydrogen-bond donors (Lipinski definition) is 2. The SMILES string of the molecule is Cc1ccc(Nc2ncnc(Nc3ccc(F)cc3)c2[N+](=O)[O-])cc1Cl. The molecule has 1 heterocycles. The average Bonchev–Trinajstić information content (AvgIpc) is 2.60. The number of nitrogens with one attached hydrogen (secondary N) is 2. The molecule has 0 saturated carbocycles. The molecule has 0 saturated heterocycles. The molecule has 0 unspecified atom stereocenters. The lowest BCUT2D eigenvalue weighted by molar-refractivity contribution is -0.383. The van der Waals surface area contributed by atoms with Gasteiger partial charge in [0.2, 0.25) is 11.6 Å². The standard InChI is InChI=1S/C17H13ClFN5O2/c1-10-2-5-13(8-14(10)18)23-17-15(24(25)26)16(20-9-21-17)22-12-6-3-11(19)4-7-12/h2-9H,1H3,(H2,20,21,22,23). The van der Waals surface area contributed by atoms with E-state index in [1.807, 2.05) is 6.92 Å². The molecule has 1 aromatic heterocycles. The van der Waals surface area contributed by atoms with Crippen molar-refractivity contribution in [3.63, 3.8) is 0 Å². The summed E-state index contributed by atoms with van der Waals surface area (Å²) in [4.78, 5) is 18.8. The minimum Gasteiger partial charge on any atom is -0.334 e. The number of hydrogen-bond acceptors (Lipinski definition) is 6. The van der Waals surface area contributed by atoms with Gasteiger partial charge in [0.25, 0.3) is 0 Å². The second-order valence-corrected chi connectivity index (χ2v) is 5.80. The Balaban J connectivity index is 1.96. The molecule has 7 nitrogen and oxygen atoms in total. The highest BCUT2D eigenvalue weighted by Crippen LogP contribution is 2.33. The molecule has 9 heteroatoms. The summed E-state index contributed by atoms with van der Waals surface area (Å²) in [6.07, 6.45) is 1.19. The number of rotatable bonds is 5. The number of benzene rings is 2. The summed E-state index contributed by atoms with van der Waals surface area (Å²) in [7, 11) is 0. The number of aromatic nitrogens is 2. The first kappa shape index (κ1) is 17.6. The molecule has 0 aliphatic carbocycles. The molecule has 0 aliphatic heterocycles. The predicted molar refractivity (Wildman–Crippen MR) is 97.8 cm³/mol. The molecule has 0 fully saturated rings. The zero-order chi connectivity index (χ0) is 18.7. The fourth-order valence-electron chi connectivity index (χ4n) is 2.21. The van der Waals surface area contributed by atoms with Gasteiger partial charge >= 0.3 is 5.69 Å². The van der Waals surface area contributed by atoms with E-state index in [0.29, 0.717) is 16.4 Å². The van der Waals surface area contributed by atoms with E-state index < -0.39 is 10.7 Å². The average molecular weight is 374 g/mol. The van der Waals surface area contributed by atoms with E-state index in [9.17, 15) is 14.5 Å². The number of nitrogens with zero attached hydrogens (tertiary/aromatic N) is 3. The Bertz CT molecular complexity index is 966. The van der Waals surface area contributed by atoms with Gasteiger partial charge in [-0.05, 0) is 48.9 Å². The Morgan fingerprint density at radius 1 is 1.04 bits per heavy atom. The van der Waals surface area contributed by atoms with Crippen LogP contribution in [0.25, 0.3) is 0 Å². The lowest BCUT2D eigenvalue weighted by atomic mass is 10.2. The maximum atomic E-state index is 13.0. The monoisotopic (exact) mass is 373 g/mol. The third-order valence-electron chi connectivity index (χ3n) is 3.55. The van der Waals surface area contributed by atoms with Gasteiger partial charge < -0.3 is 10.6 Å². The Morgan fingerprint density at radius 2 is 1.62 bits per heavy atom. The molecular formula is C17H13ClFN5O2. The van der Waals surface area contributed by atoms with Gasteiger partial charge in [-0.15, -0.1) is 0 Å². The molecule has 3 rings (SSSR count). The van der Waals surface area contributed by atoms with Crippen LogP contribution in [0.15, 0.2) is 48.8 Å². The highest BCUT2D eigenvalue weighted by molar-refractivity contribution is 6.31. The molecule has 0 aliphatic rings. The quantitative estimate of drug-likeness (QED) is 0.484. The minimum absolute atomic E-state index is 0.00883. The van der Waals surface area contributed by atoms with E-state index >= 15 is 0 Å². The first-order valence-electron chi connectivity index (χ1n) is 7.49. The van der Waals surface area contributed by atoms with Crippen LogP contribution >= 0.6 is 11.6 Å². The van der Waals surface area contributed by atoms with Gasteiger partial charge in [-0.2, -0.15) is 0 Å². The molecular weight excluding hydrogens is 361 g/mol. The molecule has 3 aromatic rings. The van der Waals surface area contributed by atoms with Crippen molar-refractivity contribution < 1.29 is 9.31 Å². The fraction of sp³-hybridized carbons (Fsp3) is 0.0588. The van der Waals surface area contributed by atoms with Gasteiger partial charge in [0.05, 0.1) is 4.92 Å². The molecule has 2 N–H and O–H groups in total. The summed E-state index contributed by atoms with van der Waals surface area (Å²) >= 11 is 6.08. The first-order valence-corrected chi connectivity index (χ1v) is 7.87. The molecule has 2 aromatic carbocycles. The van der Waals surface area contributed by atoms with Gasteiger partial charge in [0.15, 0.2) is 0 Å². The third kappa shape index (κ3) is 3.86. The van der Waals surface area contributed by atoms with E-state index in [1.54, 1.807) is 18.2 Å². The summed E-state index contributed by atoms with van der Waals surface area (Å²) in [5.41, 5.74) is 1.55. The van der Waals surface area contributed by atoms with Crippen molar-refractivity contribution in [2.75, 3.05) is 10.6 Å². The van der Waals surface area contributed by atoms with E-state index in [4.69, 9.17) is 11.6 Å². The molecule has 132 valence electrons. The maximum Gasteiger partial charge on any atom is 0.353 e. The molecule has 0 atom stereocenters. The zero-order valence-electron chi connectivity index (χ0n) is 13.5. The van der Waals surface area contributed by atoms with Crippen molar-refractivity contribution in [1.29, 1.82) is 0 Å². The second-order valence-electron chi connectivity index (χ2n) is 5.40. The van der Waals surface area contributed by atoms with Crippen LogP contribution in [0.3, 0.4) is 0 Å². The van der Waals surface area contributed by atoms with Crippen molar-refractivity contribution in [3.8, 4) is 0 Å². The van der Waals surface area contributed by atoms with Crippen LogP contribution in [-0.4, -0.2) is 14.9 Å². The summed E-state index contributed by atoms with van der Waals surface area (Å²) in [6.45, 7) is 1.85. The van der Waals surface area contributed by atoms with Crippen LogP contribution in [0.2, 0.25) is 5.02 Å². The minimum atomic E-state index is -0.593. The lowest BCUT2D eigenvalue weighted by Gasteiger charge is -2.11. The summed E-state index contributed by atoms with van der Waals surface area (Å²) in [5, 5.41) is 17.8. The largest absolute Gasteiger partial charge is 0.353 e. The smallest absolute Gasteiger partial charge is 0.334 e. The normalized spacial score (nSPS) is 10.4. The van der Waals surface area contributed by atoms with Crippen LogP contribution in [-0.2, 0) is 0 Å². The first-order chi connectivity index (χ1) is 12.4. The van der Waals surface area contributed by atoms with E-state index in [-0.39, 0.29) is 17.3 Å². The van der Waals surface area contributed by atoms with Crippen LogP contribution < -0.4 is 10.6 Å². The van der Waals surface area contributed by atoms with Crippen molar-refractivity contribution in [3.05, 3.63) is 75.3 Å². The van der Waals surface area contributed by atoms with E-state index in [1.165, 1.54) is 30.6 Å². The Kier molecular flexibility index (Phi) is 4.94. The molecule has 0 amide bonds. The highest BCUT2D eigenvalue weighted by atomic mass is 35.5. The van der Waals surface area contributed by atoms with Crippen LogP contribution in [0.1, 0.15) is 5.56 Å². The van der Waals surface area contributed by atoms with Gasteiger partial charge in [-0.1, -0.05) is 17.7 Å². The summed E-state index contributed by atoms with van der Waals surface area (Å²) in [5.74, 6) is -0.418. The van der Waals surface area contributed by atoms with Crippen LogP contribution in [0, 0.1) is 22.9 Å². The Morgan fingerprint density at radius 3 is 2.19 bits per heavy atom. The van der Waals surface area contributed by atoms with E-state index in [0.717, 1.165) is 5.56 Å². The fourth-order valence-corrected chi connectivity index (χ4v) is 2.39. The van der Waals surface area contributed by atoms with Gasteiger partial charge in [-0.3, -0.25) is 10.1 Å².